The van der Waals surface area contributed by atoms with Gasteiger partial charge < -0.3 is 4.74 Å². The molecule has 0 spiro atoms. The van der Waals surface area contributed by atoms with Crippen molar-refractivity contribution in [1.82, 2.24) is 0 Å². The molecule has 0 atom stereocenters. The molecular weight excluding hydrogens is 226 g/mol. The van der Waals surface area contributed by atoms with E-state index in [-0.39, 0.29) is 17.7 Å². The van der Waals surface area contributed by atoms with E-state index in [9.17, 15) is 13.6 Å². The van der Waals surface area contributed by atoms with Gasteiger partial charge in [-0.1, -0.05) is 23.7 Å². The van der Waals surface area contributed by atoms with Gasteiger partial charge in [-0.25, -0.2) is 4.79 Å². The molecular formula is C10H9ClF2O2. The zero-order chi connectivity index (χ0) is 12.3. The predicted molar refractivity (Wildman–Crippen MR) is 52.0 cm³/mol. The Labute approximate surface area is 92.2 Å². The third-order valence-electron chi connectivity index (χ3n) is 1.67. The normalized spacial score (nSPS) is 12.1. The Morgan fingerprint density at radius 3 is 2.80 bits per heavy atom. The van der Waals surface area contributed by atoms with Gasteiger partial charge in [0.25, 0.3) is 0 Å². The van der Waals surface area contributed by atoms with E-state index < -0.39 is 17.5 Å². The highest BCUT2D eigenvalue weighted by Gasteiger charge is 2.42. The molecule has 0 saturated carbocycles. The van der Waals surface area contributed by atoms with Gasteiger partial charge in [-0.3, -0.25) is 0 Å². The van der Waals surface area contributed by atoms with Crippen LogP contribution in [0.5, 0.6) is 0 Å². The topological polar surface area (TPSA) is 26.3 Å². The van der Waals surface area contributed by atoms with Crippen LogP contribution >= 0.6 is 11.6 Å². The maximum atomic E-state index is 13.4. The molecule has 0 aliphatic heterocycles. The van der Waals surface area contributed by atoms with Crippen molar-refractivity contribution in [3.05, 3.63) is 34.8 Å². The average Bonchev–Trinajstić information content (AvgIpc) is 2.22. The number of esters is 1. The Hall–Kier alpha value is -1.16. The van der Waals surface area contributed by atoms with Gasteiger partial charge in [-0.15, -0.1) is 0 Å². The first-order chi connectivity index (χ1) is 7.39. The van der Waals surface area contributed by atoms with E-state index in [1.54, 1.807) is 0 Å². The summed E-state index contributed by atoms with van der Waals surface area (Å²) in [6.45, 7) is 1.31. The molecule has 2 nitrogen and oxygen atoms in total. The molecule has 1 aromatic rings. The molecule has 82 valence electrons. The fourth-order valence-electron chi connectivity index (χ4n) is 0.941. The van der Waals surface area contributed by atoms with Gasteiger partial charge in [0, 0.05) is 10.6 Å². The maximum Gasteiger partial charge on any atom is 0.381 e. The molecule has 0 fully saturated rings. The molecule has 0 saturated heterocycles. The monoisotopic (exact) mass is 235 g/mol. The van der Waals surface area contributed by atoms with Crippen molar-refractivity contribution in [2.24, 2.45) is 0 Å². The summed E-state index contributed by atoms with van der Waals surface area (Å²) in [5.41, 5.74) is -0.597. The lowest BCUT2D eigenvalue weighted by molar-refractivity contribution is -0.173. The lowest BCUT2D eigenvalue weighted by atomic mass is 10.1. The van der Waals surface area contributed by atoms with E-state index in [1.165, 1.54) is 6.92 Å². The van der Waals surface area contributed by atoms with Gasteiger partial charge >= 0.3 is 11.9 Å². The van der Waals surface area contributed by atoms with Crippen LogP contribution in [0.25, 0.3) is 0 Å². The molecule has 0 unspecified atom stereocenters. The highest BCUT2D eigenvalue weighted by Crippen LogP contribution is 2.30. The van der Waals surface area contributed by atoms with Crippen LogP contribution in [0.1, 0.15) is 13.9 Å². The maximum absolute atomic E-state index is 13.4. The number of carbonyl (C=O) groups excluding carboxylic acids is 1. The van der Waals surface area contributed by atoms with E-state index in [2.05, 4.69) is 4.74 Å². The summed E-state index contributed by atoms with van der Waals surface area (Å²) in [7, 11) is 0. The van der Waals surface area contributed by atoms with Crippen LogP contribution in [0.2, 0.25) is 5.02 Å². The van der Waals surface area contributed by atoms with Gasteiger partial charge in [-0.2, -0.15) is 8.78 Å². The van der Waals surface area contributed by atoms with Crippen molar-refractivity contribution in [1.29, 1.82) is 0 Å². The van der Waals surface area contributed by atoms with Crippen molar-refractivity contribution in [2.45, 2.75) is 12.8 Å². The van der Waals surface area contributed by atoms with Crippen LogP contribution in [0.15, 0.2) is 24.2 Å². The summed E-state index contributed by atoms with van der Waals surface area (Å²) < 4.78 is 38.4. The smallest absolute Gasteiger partial charge is 0.381 e. The van der Waals surface area contributed by atoms with Crippen LogP contribution in [-0.4, -0.2) is 12.6 Å². The second kappa shape index (κ2) is 4.57. The largest absolute Gasteiger partial charge is 0.461 e. The van der Waals surface area contributed by atoms with Crippen LogP contribution < -0.4 is 0 Å². The fraction of sp³-hybridized carbons (Fsp3) is 0.300. The van der Waals surface area contributed by atoms with Crippen LogP contribution in [0.3, 0.4) is 0 Å². The average molecular weight is 236 g/mol. The van der Waals surface area contributed by atoms with Crippen molar-refractivity contribution < 1.29 is 19.7 Å². The molecule has 1 rings (SSSR count). The molecule has 0 amide bonds. The molecule has 0 N–H and O–H groups in total. The summed E-state index contributed by atoms with van der Waals surface area (Å²) >= 11 is 5.52. The summed E-state index contributed by atoms with van der Waals surface area (Å²) in [5, 5.41) is 0.0448. The summed E-state index contributed by atoms with van der Waals surface area (Å²) in [5.74, 6) is -5.38. The quantitative estimate of drug-likeness (QED) is 0.753. The second-order valence-electron chi connectivity index (χ2n) is 2.72. The van der Waals surface area contributed by atoms with Crippen LogP contribution in [0.4, 0.5) is 8.78 Å². The van der Waals surface area contributed by atoms with Crippen molar-refractivity contribution in [3.63, 3.8) is 0 Å². The minimum atomic E-state index is -3.75. The van der Waals surface area contributed by atoms with Crippen molar-refractivity contribution in [2.75, 3.05) is 6.61 Å². The molecule has 0 aliphatic carbocycles. The first kappa shape index (κ1) is 10.4. The van der Waals surface area contributed by atoms with Crippen molar-refractivity contribution >= 4 is 17.6 Å². The summed E-state index contributed by atoms with van der Waals surface area (Å²) in [4.78, 5) is 11.0. The molecule has 0 heterocycles. The van der Waals surface area contributed by atoms with Gasteiger partial charge in [0.1, 0.15) is 0 Å². The number of halogens is 3. The van der Waals surface area contributed by atoms with E-state index in [1.807, 2.05) is 0 Å². The van der Waals surface area contributed by atoms with Gasteiger partial charge in [0.15, 0.2) is 0 Å². The molecule has 15 heavy (non-hydrogen) atoms. The Kier molecular flexibility index (Phi) is 3.16. The first-order valence-corrected chi connectivity index (χ1v) is 4.59. The lowest BCUT2D eigenvalue weighted by Gasteiger charge is -2.14. The predicted octanol–water partition coefficient (Wildman–Crippen LogP) is 2.99. The number of hydrogen-bond acceptors (Lipinski definition) is 2. The molecule has 5 heteroatoms. The standard InChI is InChI=1S/C10H9ClF2O2/c1-2-15-9(14)10(12,13)7-3-5-8(11)6-4-7/h3-6H,2H2,1H3/i5D. The van der Waals surface area contributed by atoms with Crippen molar-refractivity contribution in [3.8, 4) is 0 Å². The van der Waals surface area contributed by atoms with Crippen LogP contribution in [-0.2, 0) is 15.5 Å². The van der Waals surface area contributed by atoms with E-state index in [4.69, 9.17) is 13.0 Å². The van der Waals surface area contributed by atoms with E-state index >= 15 is 0 Å². The number of ether oxygens (including phenoxy) is 1. The second-order valence-corrected chi connectivity index (χ2v) is 3.13. The molecule has 0 bridgehead atoms. The minimum absolute atomic E-state index is 0.0448. The Morgan fingerprint density at radius 1 is 1.60 bits per heavy atom. The van der Waals surface area contributed by atoms with Gasteiger partial charge in [-0.05, 0) is 19.0 Å². The SMILES string of the molecule is [2H]c1cc(C(F)(F)C(=O)OCC)ccc1Cl. The molecule has 0 aliphatic rings. The third-order valence-corrected chi connectivity index (χ3v) is 1.90. The highest BCUT2D eigenvalue weighted by atomic mass is 35.5. The Bertz CT molecular complexity index is 410. The summed E-state index contributed by atoms with van der Waals surface area (Å²) in [6, 6.07) is 2.73. The number of rotatable bonds is 3. The van der Waals surface area contributed by atoms with Gasteiger partial charge in [0.2, 0.25) is 0 Å². The van der Waals surface area contributed by atoms with E-state index in [0.29, 0.717) is 0 Å². The molecule has 0 aromatic heterocycles. The number of alkyl halides is 2. The zero-order valence-electron chi connectivity index (χ0n) is 8.89. The first-order valence-electron chi connectivity index (χ1n) is 4.71. The minimum Gasteiger partial charge on any atom is -0.461 e. The lowest BCUT2D eigenvalue weighted by Crippen LogP contribution is -2.28. The molecule has 0 radical (unpaired) electrons. The highest BCUT2D eigenvalue weighted by molar-refractivity contribution is 6.30. The number of benzene rings is 1. The van der Waals surface area contributed by atoms with E-state index in [0.717, 1.165) is 18.2 Å². The Balaban J connectivity index is 3.06. The van der Waals surface area contributed by atoms with Gasteiger partial charge in [0.05, 0.1) is 7.98 Å². The third kappa shape index (κ3) is 2.65. The fourth-order valence-corrected chi connectivity index (χ4v) is 1.06. The number of hydrogen-bond donors (Lipinski definition) is 0. The summed E-state index contributed by atoms with van der Waals surface area (Å²) in [6.07, 6.45) is 0. The number of carbonyl (C=O) groups is 1. The van der Waals surface area contributed by atoms with Crippen LogP contribution in [0, 0.1) is 0 Å². The zero-order valence-corrected chi connectivity index (χ0v) is 8.65. The Morgan fingerprint density at radius 2 is 2.27 bits per heavy atom. The molecule has 1 aromatic carbocycles.